The van der Waals surface area contributed by atoms with E-state index in [1.807, 2.05) is 36.4 Å². The van der Waals surface area contributed by atoms with E-state index in [-0.39, 0.29) is 5.91 Å². The van der Waals surface area contributed by atoms with Crippen LogP contribution in [0.4, 0.5) is 5.69 Å². The maximum absolute atomic E-state index is 12.4. The van der Waals surface area contributed by atoms with Gasteiger partial charge in [0.2, 0.25) is 0 Å². The van der Waals surface area contributed by atoms with E-state index < -0.39 is 0 Å². The minimum atomic E-state index is -0.207. The van der Waals surface area contributed by atoms with Crippen molar-refractivity contribution in [1.82, 2.24) is 9.99 Å². The SMILES string of the molecule is Cc1cc(/C=N/NC(=O)c2ccc(N3CCCC3)cc2)c(C)n1-c1ccc(Br)cc1. The average Bonchev–Trinajstić information content (AvgIpc) is 3.38. The van der Waals surface area contributed by atoms with Gasteiger partial charge >= 0.3 is 0 Å². The Kier molecular flexibility index (Phi) is 6.04. The molecule has 0 unspecified atom stereocenters. The molecule has 0 radical (unpaired) electrons. The van der Waals surface area contributed by atoms with Gasteiger partial charge in [0.15, 0.2) is 0 Å². The van der Waals surface area contributed by atoms with Crippen molar-refractivity contribution in [3.05, 3.63) is 81.6 Å². The van der Waals surface area contributed by atoms with Crippen LogP contribution in [-0.2, 0) is 0 Å². The lowest BCUT2D eigenvalue weighted by Crippen LogP contribution is -2.19. The highest BCUT2D eigenvalue weighted by atomic mass is 79.9. The van der Waals surface area contributed by atoms with E-state index in [4.69, 9.17) is 0 Å². The smallest absolute Gasteiger partial charge is 0.271 e. The summed E-state index contributed by atoms with van der Waals surface area (Å²) in [6, 6.07) is 18.0. The number of rotatable bonds is 5. The van der Waals surface area contributed by atoms with Crippen LogP contribution in [0.2, 0.25) is 0 Å². The molecule has 3 aromatic rings. The van der Waals surface area contributed by atoms with Crippen LogP contribution in [0, 0.1) is 13.8 Å². The van der Waals surface area contributed by atoms with Crippen molar-refractivity contribution in [3.63, 3.8) is 0 Å². The monoisotopic (exact) mass is 464 g/mol. The summed E-state index contributed by atoms with van der Waals surface area (Å²) in [5, 5.41) is 4.19. The van der Waals surface area contributed by atoms with Crippen LogP contribution in [0.25, 0.3) is 5.69 Å². The third kappa shape index (κ3) is 4.33. The Bertz CT molecular complexity index is 1060. The molecule has 0 atom stereocenters. The van der Waals surface area contributed by atoms with E-state index in [0.29, 0.717) is 5.56 Å². The molecule has 1 fully saturated rings. The number of benzene rings is 2. The first-order valence-electron chi connectivity index (χ1n) is 10.2. The molecule has 1 aliphatic rings. The zero-order chi connectivity index (χ0) is 21.1. The summed E-state index contributed by atoms with van der Waals surface area (Å²) in [5.74, 6) is -0.207. The van der Waals surface area contributed by atoms with Gasteiger partial charge in [-0.05, 0) is 81.3 Å². The molecule has 1 aliphatic heterocycles. The number of hydrazone groups is 1. The average molecular weight is 465 g/mol. The van der Waals surface area contributed by atoms with Gasteiger partial charge in [-0.2, -0.15) is 5.10 Å². The Morgan fingerprint density at radius 1 is 1.00 bits per heavy atom. The summed E-state index contributed by atoms with van der Waals surface area (Å²) in [6.45, 7) is 6.30. The standard InChI is InChI=1S/C24H25BrN4O/c1-17-15-20(18(2)29(17)23-11-7-21(25)8-12-23)16-26-27-24(30)19-5-9-22(10-6-19)28-13-3-4-14-28/h5-12,15-16H,3-4,13-14H2,1-2H3,(H,27,30)/b26-16+. The summed E-state index contributed by atoms with van der Waals surface area (Å²) in [7, 11) is 0. The molecule has 5 nitrogen and oxygen atoms in total. The van der Waals surface area contributed by atoms with Gasteiger partial charge in [0.25, 0.3) is 5.91 Å². The number of anilines is 1. The number of halogens is 1. The fourth-order valence-electron chi connectivity index (χ4n) is 3.93. The molecule has 4 rings (SSSR count). The second kappa shape index (κ2) is 8.88. The fourth-order valence-corrected chi connectivity index (χ4v) is 4.19. The molecule has 2 aromatic carbocycles. The quantitative estimate of drug-likeness (QED) is 0.415. The van der Waals surface area contributed by atoms with Gasteiger partial charge < -0.3 is 9.47 Å². The van der Waals surface area contributed by atoms with Gasteiger partial charge in [-0.3, -0.25) is 4.79 Å². The minimum Gasteiger partial charge on any atom is -0.372 e. The Balaban J connectivity index is 1.43. The highest BCUT2D eigenvalue weighted by Crippen LogP contribution is 2.22. The van der Waals surface area contributed by atoms with Crippen molar-refractivity contribution < 1.29 is 4.79 Å². The summed E-state index contributed by atoms with van der Waals surface area (Å²) in [5.41, 5.74) is 8.67. The Labute approximate surface area is 185 Å². The van der Waals surface area contributed by atoms with Gasteiger partial charge in [-0.15, -0.1) is 0 Å². The van der Waals surface area contributed by atoms with E-state index in [1.54, 1.807) is 6.21 Å². The molecule has 0 bridgehead atoms. The molecular weight excluding hydrogens is 440 g/mol. The predicted octanol–water partition coefficient (Wildman–Crippen LogP) is 5.22. The normalized spacial score (nSPS) is 13.9. The number of carbonyl (C=O) groups is 1. The minimum absolute atomic E-state index is 0.207. The first kappa shape index (κ1) is 20.4. The van der Waals surface area contributed by atoms with Crippen molar-refractivity contribution in [1.29, 1.82) is 0 Å². The number of aromatic nitrogens is 1. The van der Waals surface area contributed by atoms with E-state index in [2.05, 4.69) is 68.0 Å². The molecule has 30 heavy (non-hydrogen) atoms. The molecule has 1 N–H and O–H groups in total. The first-order chi connectivity index (χ1) is 14.5. The van der Waals surface area contributed by atoms with Crippen LogP contribution in [-0.4, -0.2) is 29.8 Å². The van der Waals surface area contributed by atoms with Gasteiger partial charge in [0.1, 0.15) is 0 Å². The van der Waals surface area contributed by atoms with Gasteiger partial charge in [0.05, 0.1) is 6.21 Å². The lowest BCUT2D eigenvalue weighted by atomic mass is 10.2. The predicted molar refractivity (Wildman–Crippen MR) is 126 cm³/mol. The summed E-state index contributed by atoms with van der Waals surface area (Å²) in [4.78, 5) is 14.8. The van der Waals surface area contributed by atoms with Crippen molar-refractivity contribution >= 4 is 33.7 Å². The van der Waals surface area contributed by atoms with Crippen molar-refractivity contribution in [2.24, 2.45) is 5.10 Å². The summed E-state index contributed by atoms with van der Waals surface area (Å²) < 4.78 is 3.22. The van der Waals surface area contributed by atoms with Crippen LogP contribution < -0.4 is 10.3 Å². The fraction of sp³-hybridized carbons (Fsp3) is 0.250. The van der Waals surface area contributed by atoms with Crippen molar-refractivity contribution in [2.45, 2.75) is 26.7 Å². The van der Waals surface area contributed by atoms with Crippen LogP contribution >= 0.6 is 15.9 Å². The Hall–Kier alpha value is -2.86. The zero-order valence-corrected chi connectivity index (χ0v) is 18.8. The maximum Gasteiger partial charge on any atom is 0.271 e. The molecule has 1 aromatic heterocycles. The molecule has 1 amide bonds. The molecule has 154 valence electrons. The Morgan fingerprint density at radius 2 is 1.63 bits per heavy atom. The summed E-state index contributed by atoms with van der Waals surface area (Å²) in [6.07, 6.45) is 4.17. The van der Waals surface area contributed by atoms with Crippen LogP contribution in [0.1, 0.15) is 40.2 Å². The lowest BCUT2D eigenvalue weighted by molar-refractivity contribution is 0.0955. The number of aryl methyl sites for hydroxylation is 1. The molecule has 2 heterocycles. The van der Waals surface area contributed by atoms with E-state index in [0.717, 1.165) is 40.2 Å². The molecule has 6 heteroatoms. The number of nitrogens with zero attached hydrogens (tertiary/aromatic N) is 3. The van der Waals surface area contributed by atoms with Crippen LogP contribution in [0.5, 0.6) is 0 Å². The molecular formula is C24H25BrN4O. The third-order valence-electron chi connectivity index (χ3n) is 5.53. The molecule has 1 saturated heterocycles. The van der Waals surface area contributed by atoms with Crippen molar-refractivity contribution in [2.75, 3.05) is 18.0 Å². The number of carbonyl (C=O) groups excluding carboxylic acids is 1. The molecule has 0 spiro atoms. The van der Waals surface area contributed by atoms with E-state index >= 15 is 0 Å². The van der Waals surface area contributed by atoms with Gasteiger partial charge in [0, 0.05) is 51.5 Å². The van der Waals surface area contributed by atoms with Gasteiger partial charge in [-0.25, -0.2) is 5.43 Å². The third-order valence-corrected chi connectivity index (χ3v) is 6.05. The number of nitrogens with one attached hydrogen (secondary N) is 1. The lowest BCUT2D eigenvalue weighted by Gasteiger charge is -2.17. The largest absolute Gasteiger partial charge is 0.372 e. The zero-order valence-electron chi connectivity index (χ0n) is 17.2. The second-order valence-electron chi connectivity index (χ2n) is 7.58. The topological polar surface area (TPSA) is 49.6 Å². The Morgan fingerprint density at radius 3 is 2.30 bits per heavy atom. The number of amides is 1. The van der Waals surface area contributed by atoms with Gasteiger partial charge in [-0.1, -0.05) is 15.9 Å². The highest BCUT2D eigenvalue weighted by molar-refractivity contribution is 9.10. The second-order valence-corrected chi connectivity index (χ2v) is 8.49. The highest BCUT2D eigenvalue weighted by Gasteiger charge is 2.13. The molecule has 0 saturated carbocycles. The number of hydrogen-bond acceptors (Lipinski definition) is 3. The van der Waals surface area contributed by atoms with E-state index in [1.165, 1.54) is 18.5 Å². The maximum atomic E-state index is 12.4. The summed E-state index contributed by atoms with van der Waals surface area (Å²) >= 11 is 3.48. The molecule has 0 aliphatic carbocycles. The van der Waals surface area contributed by atoms with Crippen LogP contribution in [0.3, 0.4) is 0 Å². The first-order valence-corrected chi connectivity index (χ1v) is 11.0. The van der Waals surface area contributed by atoms with Crippen molar-refractivity contribution in [3.8, 4) is 5.69 Å². The number of hydrogen-bond donors (Lipinski definition) is 1. The van der Waals surface area contributed by atoms with E-state index in [9.17, 15) is 4.79 Å². The van der Waals surface area contributed by atoms with Crippen LogP contribution in [0.15, 0.2) is 64.2 Å².